The molecular weight excluding hydrogens is 340 g/mol. The molecule has 2 fully saturated rings. The fourth-order valence-electron chi connectivity index (χ4n) is 5.68. The third-order valence-electron chi connectivity index (χ3n) is 6.82. The molecule has 0 spiro atoms. The summed E-state index contributed by atoms with van der Waals surface area (Å²) in [6.45, 7) is 3.53. The average Bonchev–Trinajstić information content (AvgIpc) is 2.84. The van der Waals surface area contributed by atoms with E-state index < -0.39 is 0 Å². The second kappa shape index (κ2) is 5.73. The fraction of sp³-hybridized carbons (Fsp3) is 0.600. The first kappa shape index (κ1) is 16.9. The van der Waals surface area contributed by atoms with Gasteiger partial charge in [0, 0.05) is 31.1 Å². The van der Waals surface area contributed by atoms with E-state index in [2.05, 4.69) is 6.92 Å². The Bertz CT molecular complexity index is 758. The van der Waals surface area contributed by atoms with Crippen LogP contribution in [0.2, 0.25) is 5.02 Å². The average molecular weight is 363 g/mol. The van der Waals surface area contributed by atoms with E-state index in [1.54, 1.807) is 6.07 Å². The predicted molar refractivity (Wildman–Crippen MR) is 93.7 cm³/mol. The van der Waals surface area contributed by atoms with Gasteiger partial charge >= 0.3 is 5.97 Å². The molecule has 0 saturated heterocycles. The molecule has 134 valence electrons. The van der Waals surface area contributed by atoms with Crippen molar-refractivity contribution in [1.29, 1.82) is 0 Å². The molecule has 2 saturated carbocycles. The summed E-state index contributed by atoms with van der Waals surface area (Å²) in [7, 11) is 0. The number of halogens is 1. The highest BCUT2D eigenvalue weighted by Crippen LogP contribution is 2.60. The van der Waals surface area contributed by atoms with Crippen molar-refractivity contribution in [2.24, 2.45) is 17.3 Å². The maximum atomic E-state index is 12.5. The molecule has 25 heavy (non-hydrogen) atoms. The number of ether oxygens (including phenoxy) is 1. The first-order chi connectivity index (χ1) is 11.8. The first-order valence-electron chi connectivity index (χ1n) is 9.03. The number of hydrogen-bond donors (Lipinski definition) is 1. The summed E-state index contributed by atoms with van der Waals surface area (Å²) < 4.78 is 5.71. The standard InChI is InChI=1S/C20H23ClO4/c1-10(22)25-17-8-11-7-16(23)15(21)9-13(11)12-5-6-20(2)14(19(12)17)3-4-18(20)24/h7,9,12,14,17,19,23H,3-6,8H2,1-2H3/t12?,14?,17-,19?,20-/m0/s1. The molecular formula is C20H23ClO4. The van der Waals surface area contributed by atoms with Gasteiger partial charge in [0.15, 0.2) is 0 Å². The summed E-state index contributed by atoms with van der Waals surface area (Å²) in [4.78, 5) is 24.2. The lowest BCUT2D eigenvalue weighted by atomic mass is 9.55. The van der Waals surface area contributed by atoms with Crippen LogP contribution in [0.5, 0.6) is 5.75 Å². The molecule has 0 heterocycles. The zero-order valence-corrected chi connectivity index (χ0v) is 15.3. The molecule has 4 rings (SSSR count). The smallest absolute Gasteiger partial charge is 0.302 e. The number of aromatic hydroxyl groups is 1. The topological polar surface area (TPSA) is 63.6 Å². The zero-order valence-electron chi connectivity index (χ0n) is 14.5. The second-order valence-corrected chi connectivity index (χ2v) is 8.47. The van der Waals surface area contributed by atoms with E-state index in [-0.39, 0.29) is 41.0 Å². The van der Waals surface area contributed by atoms with E-state index >= 15 is 0 Å². The summed E-state index contributed by atoms with van der Waals surface area (Å²) >= 11 is 6.17. The maximum absolute atomic E-state index is 12.5. The van der Waals surface area contributed by atoms with Crippen LogP contribution in [0.25, 0.3) is 0 Å². The van der Waals surface area contributed by atoms with Crippen LogP contribution in [-0.4, -0.2) is 23.0 Å². The number of rotatable bonds is 1. The molecule has 0 bridgehead atoms. The van der Waals surface area contributed by atoms with Gasteiger partial charge in [0.05, 0.1) is 5.02 Å². The lowest BCUT2D eigenvalue weighted by Gasteiger charge is -2.50. The number of esters is 1. The van der Waals surface area contributed by atoms with Crippen molar-refractivity contribution < 1.29 is 19.4 Å². The van der Waals surface area contributed by atoms with Crippen molar-refractivity contribution in [3.8, 4) is 5.75 Å². The Morgan fingerprint density at radius 2 is 2.12 bits per heavy atom. The molecule has 1 N–H and O–H groups in total. The summed E-state index contributed by atoms with van der Waals surface area (Å²) in [5, 5.41) is 10.3. The third kappa shape index (κ3) is 2.49. The Morgan fingerprint density at radius 3 is 2.84 bits per heavy atom. The van der Waals surface area contributed by atoms with E-state index in [4.69, 9.17) is 16.3 Å². The van der Waals surface area contributed by atoms with Gasteiger partial charge in [-0.3, -0.25) is 9.59 Å². The molecule has 5 heteroatoms. The number of ketones is 1. The minimum Gasteiger partial charge on any atom is -0.506 e. The number of carbonyl (C=O) groups is 2. The molecule has 0 amide bonds. The summed E-state index contributed by atoms with van der Waals surface area (Å²) in [6, 6.07) is 3.57. The zero-order chi connectivity index (χ0) is 17.9. The largest absolute Gasteiger partial charge is 0.506 e. The first-order valence-corrected chi connectivity index (χ1v) is 9.41. The Balaban J connectivity index is 1.81. The van der Waals surface area contributed by atoms with E-state index in [9.17, 15) is 14.7 Å². The summed E-state index contributed by atoms with van der Waals surface area (Å²) in [6.07, 6.45) is 3.57. The van der Waals surface area contributed by atoms with E-state index in [0.29, 0.717) is 23.6 Å². The van der Waals surface area contributed by atoms with Gasteiger partial charge in [-0.25, -0.2) is 0 Å². The Morgan fingerprint density at radius 1 is 1.36 bits per heavy atom. The summed E-state index contributed by atoms with van der Waals surface area (Å²) in [5.74, 6) is 0.729. The molecule has 3 aliphatic carbocycles. The quantitative estimate of drug-likeness (QED) is 0.766. The summed E-state index contributed by atoms with van der Waals surface area (Å²) in [5.41, 5.74) is 1.86. The highest BCUT2D eigenvalue weighted by molar-refractivity contribution is 6.32. The van der Waals surface area contributed by atoms with Crippen LogP contribution >= 0.6 is 11.6 Å². The minimum atomic E-state index is -0.294. The molecule has 5 atom stereocenters. The Hall–Kier alpha value is -1.55. The Kier molecular flexibility index (Phi) is 3.87. The molecule has 3 unspecified atom stereocenters. The molecule has 0 aliphatic heterocycles. The second-order valence-electron chi connectivity index (χ2n) is 8.06. The van der Waals surface area contributed by atoms with Crippen LogP contribution in [0.15, 0.2) is 12.1 Å². The van der Waals surface area contributed by atoms with Crippen LogP contribution in [0.4, 0.5) is 0 Å². The van der Waals surface area contributed by atoms with Crippen molar-refractivity contribution in [3.05, 3.63) is 28.3 Å². The van der Waals surface area contributed by atoms with Gasteiger partial charge in [0.1, 0.15) is 17.6 Å². The maximum Gasteiger partial charge on any atom is 0.302 e. The van der Waals surface area contributed by atoms with Gasteiger partial charge in [-0.2, -0.15) is 0 Å². The number of phenols is 1. The van der Waals surface area contributed by atoms with Gasteiger partial charge in [-0.05, 0) is 54.4 Å². The van der Waals surface area contributed by atoms with Crippen molar-refractivity contribution in [1.82, 2.24) is 0 Å². The predicted octanol–water partition coefficient (Wildman–Crippen LogP) is 4.01. The van der Waals surface area contributed by atoms with E-state index in [0.717, 1.165) is 30.4 Å². The lowest BCUT2D eigenvalue weighted by Crippen LogP contribution is -2.49. The Labute approximate surface area is 152 Å². The molecule has 1 aromatic carbocycles. The number of benzene rings is 1. The molecule has 3 aliphatic rings. The van der Waals surface area contributed by atoms with Crippen molar-refractivity contribution >= 4 is 23.4 Å². The SMILES string of the molecule is CC(=O)O[C@H]1Cc2cc(O)c(Cl)cc2C2CC[C@]3(C)C(=O)CCC3C21. The van der Waals surface area contributed by atoms with E-state index in [1.165, 1.54) is 6.92 Å². The highest BCUT2D eigenvalue weighted by Gasteiger charge is 2.57. The normalized spacial score (nSPS) is 36.4. The molecule has 0 aromatic heterocycles. The highest BCUT2D eigenvalue weighted by atomic mass is 35.5. The van der Waals surface area contributed by atoms with Gasteiger partial charge in [-0.1, -0.05) is 18.5 Å². The van der Waals surface area contributed by atoms with Gasteiger partial charge in [0.2, 0.25) is 0 Å². The van der Waals surface area contributed by atoms with Crippen molar-refractivity contribution in [2.45, 2.75) is 58.0 Å². The number of carbonyl (C=O) groups excluding carboxylic acids is 2. The van der Waals surface area contributed by atoms with Gasteiger partial charge < -0.3 is 9.84 Å². The number of Topliss-reactive ketones (excluding diaryl/α,β-unsaturated/α-hetero) is 1. The van der Waals surface area contributed by atoms with Crippen LogP contribution in [0, 0.1) is 17.3 Å². The fourth-order valence-corrected chi connectivity index (χ4v) is 5.85. The molecule has 1 aromatic rings. The van der Waals surface area contributed by atoms with Crippen molar-refractivity contribution in [3.63, 3.8) is 0 Å². The molecule has 0 radical (unpaired) electrons. The van der Waals surface area contributed by atoms with Crippen LogP contribution < -0.4 is 0 Å². The van der Waals surface area contributed by atoms with Gasteiger partial charge in [0.25, 0.3) is 0 Å². The monoisotopic (exact) mass is 362 g/mol. The van der Waals surface area contributed by atoms with Crippen molar-refractivity contribution in [2.75, 3.05) is 0 Å². The van der Waals surface area contributed by atoms with E-state index in [1.807, 2.05) is 6.07 Å². The van der Waals surface area contributed by atoms with Crippen LogP contribution in [0.1, 0.15) is 56.6 Å². The van der Waals surface area contributed by atoms with Crippen LogP contribution in [0.3, 0.4) is 0 Å². The van der Waals surface area contributed by atoms with Gasteiger partial charge in [-0.15, -0.1) is 0 Å². The van der Waals surface area contributed by atoms with Crippen LogP contribution in [-0.2, 0) is 20.7 Å². The minimum absolute atomic E-state index is 0.0668. The third-order valence-corrected chi connectivity index (χ3v) is 7.12. The number of fused-ring (bicyclic) bond motifs is 5. The number of hydrogen-bond acceptors (Lipinski definition) is 4. The lowest BCUT2D eigenvalue weighted by molar-refractivity contribution is -0.155. The number of phenolic OH excluding ortho intramolecular Hbond substituents is 1. The molecule has 4 nitrogen and oxygen atoms in total.